The average molecular weight is 174 g/mol. The van der Waals surface area contributed by atoms with Crippen LogP contribution in [0.2, 0.25) is 0 Å². The van der Waals surface area contributed by atoms with Crippen molar-refractivity contribution >= 4 is 29.3 Å². The standard InChI is InChI=1S/C5H2O7/c6-1(2(7)4(9)10)3(8)5(11)12/h(H,9,10)(H,11,12). The normalized spacial score (nSPS) is 8.67. The second kappa shape index (κ2) is 3.37. The molecule has 0 rings (SSSR count). The van der Waals surface area contributed by atoms with Gasteiger partial charge in [-0.2, -0.15) is 0 Å². The van der Waals surface area contributed by atoms with E-state index in [9.17, 15) is 24.0 Å². The highest BCUT2D eigenvalue weighted by atomic mass is 16.4. The third kappa shape index (κ3) is 1.97. The molecule has 0 atom stereocenters. The summed E-state index contributed by atoms with van der Waals surface area (Å²) in [6.07, 6.45) is 0. The number of hydrogen-bond acceptors (Lipinski definition) is 5. The van der Waals surface area contributed by atoms with Crippen molar-refractivity contribution in [3.63, 3.8) is 0 Å². The Morgan fingerprint density at radius 3 is 1.00 bits per heavy atom. The van der Waals surface area contributed by atoms with Gasteiger partial charge in [0.25, 0.3) is 5.78 Å². The zero-order chi connectivity index (χ0) is 9.89. The summed E-state index contributed by atoms with van der Waals surface area (Å²) in [6.45, 7) is 0. The molecule has 2 N–H and O–H groups in total. The van der Waals surface area contributed by atoms with E-state index in [2.05, 4.69) is 0 Å². The Kier molecular flexibility index (Phi) is 2.80. The van der Waals surface area contributed by atoms with Crippen LogP contribution < -0.4 is 0 Å². The van der Waals surface area contributed by atoms with Gasteiger partial charge in [0.1, 0.15) is 0 Å². The number of carboxylic acid groups (broad SMARTS) is 2. The molecule has 7 heteroatoms. The number of carbonyl (C=O) groups is 5. The van der Waals surface area contributed by atoms with Crippen molar-refractivity contribution in [1.82, 2.24) is 0 Å². The molecule has 0 aromatic rings. The molecule has 0 heterocycles. The lowest BCUT2D eigenvalue weighted by molar-refractivity contribution is -0.159. The predicted molar refractivity (Wildman–Crippen MR) is 30.3 cm³/mol. The molecule has 0 bridgehead atoms. The number of carbonyl (C=O) groups excluding carboxylic acids is 3. The Morgan fingerprint density at radius 1 is 0.583 bits per heavy atom. The van der Waals surface area contributed by atoms with Crippen molar-refractivity contribution in [2.45, 2.75) is 0 Å². The van der Waals surface area contributed by atoms with Gasteiger partial charge in [0.05, 0.1) is 0 Å². The van der Waals surface area contributed by atoms with Gasteiger partial charge < -0.3 is 10.2 Å². The van der Waals surface area contributed by atoms with Gasteiger partial charge in [0, 0.05) is 0 Å². The fraction of sp³-hybridized carbons (Fsp3) is 0. The maximum absolute atomic E-state index is 10.3. The second-order valence-electron chi connectivity index (χ2n) is 1.60. The second-order valence-corrected chi connectivity index (χ2v) is 1.60. The molecule has 0 amide bonds. The van der Waals surface area contributed by atoms with E-state index < -0.39 is 29.3 Å². The first-order valence-corrected chi connectivity index (χ1v) is 2.47. The van der Waals surface area contributed by atoms with E-state index in [1.807, 2.05) is 0 Å². The minimum atomic E-state index is -2.16. The van der Waals surface area contributed by atoms with Gasteiger partial charge in [-0.05, 0) is 0 Å². The highest BCUT2D eigenvalue weighted by molar-refractivity contribution is 6.85. The Morgan fingerprint density at radius 2 is 0.833 bits per heavy atom. The monoisotopic (exact) mass is 174 g/mol. The van der Waals surface area contributed by atoms with Gasteiger partial charge in [-0.15, -0.1) is 0 Å². The van der Waals surface area contributed by atoms with Crippen molar-refractivity contribution in [2.75, 3.05) is 0 Å². The molecular formula is C5H2O7. The summed E-state index contributed by atoms with van der Waals surface area (Å²) in [7, 11) is 0. The van der Waals surface area contributed by atoms with Crippen LogP contribution in [0.25, 0.3) is 0 Å². The van der Waals surface area contributed by atoms with Crippen LogP contribution in [0.5, 0.6) is 0 Å². The van der Waals surface area contributed by atoms with E-state index in [0.717, 1.165) is 0 Å². The van der Waals surface area contributed by atoms with Gasteiger partial charge in [-0.3, -0.25) is 14.4 Å². The van der Waals surface area contributed by atoms with Crippen molar-refractivity contribution in [3.05, 3.63) is 0 Å². The van der Waals surface area contributed by atoms with E-state index >= 15 is 0 Å². The van der Waals surface area contributed by atoms with Crippen LogP contribution >= 0.6 is 0 Å². The largest absolute Gasteiger partial charge is 0.475 e. The number of hydrogen-bond donors (Lipinski definition) is 2. The summed E-state index contributed by atoms with van der Waals surface area (Å²) >= 11 is 0. The van der Waals surface area contributed by atoms with Crippen LogP contribution in [0.1, 0.15) is 0 Å². The lowest BCUT2D eigenvalue weighted by Crippen LogP contribution is -2.34. The van der Waals surface area contributed by atoms with Crippen LogP contribution in [-0.4, -0.2) is 39.5 Å². The Hall–Kier alpha value is -2.05. The molecule has 0 aliphatic rings. The van der Waals surface area contributed by atoms with Gasteiger partial charge in [-0.1, -0.05) is 0 Å². The Labute approximate surface area is 64.6 Å². The fourth-order valence-corrected chi connectivity index (χ4v) is 0.297. The number of carboxylic acids is 2. The number of Topliss-reactive ketones (excluding diaryl/α,β-unsaturated/α-hetero) is 3. The van der Waals surface area contributed by atoms with Crippen LogP contribution in [0, 0.1) is 0 Å². The summed E-state index contributed by atoms with van der Waals surface area (Å²) < 4.78 is 0. The van der Waals surface area contributed by atoms with Gasteiger partial charge in [0.15, 0.2) is 0 Å². The zero-order valence-electron chi connectivity index (χ0n) is 5.44. The third-order valence-corrected chi connectivity index (χ3v) is 0.801. The lowest BCUT2D eigenvalue weighted by atomic mass is 10.2. The molecule has 0 saturated heterocycles. The molecule has 0 aliphatic heterocycles. The van der Waals surface area contributed by atoms with E-state index in [1.54, 1.807) is 0 Å². The summed E-state index contributed by atoms with van der Waals surface area (Å²) in [5, 5.41) is 15.7. The molecule has 7 nitrogen and oxygen atoms in total. The molecule has 0 spiro atoms. The molecule has 0 aliphatic carbocycles. The molecule has 64 valence electrons. The van der Waals surface area contributed by atoms with Crippen LogP contribution in [0.15, 0.2) is 0 Å². The summed E-state index contributed by atoms with van der Waals surface area (Å²) in [4.78, 5) is 50.1. The van der Waals surface area contributed by atoms with Crippen LogP contribution in [0.4, 0.5) is 0 Å². The zero-order valence-corrected chi connectivity index (χ0v) is 5.44. The summed E-state index contributed by atoms with van der Waals surface area (Å²) in [6, 6.07) is 0. The lowest BCUT2D eigenvalue weighted by Gasteiger charge is -1.88. The first-order valence-electron chi connectivity index (χ1n) is 2.47. The fourth-order valence-electron chi connectivity index (χ4n) is 0.297. The van der Waals surface area contributed by atoms with Crippen molar-refractivity contribution in [3.8, 4) is 0 Å². The SMILES string of the molecule is O=C(O)C(=O)C(=O)C(=O)C(=O)O. The smallest absolute Gasteiger partial charge is 0.380 e. The van der Waals surface area contributed by atoms with E-state index in [1.165, 1.54) is 0 Å². The van der Waals surface area contributed by atoms with Crippen molar-refractivity contribution in [2.24, 2.45) is 0 Å². The molecule has 0 aromatic heterocycles. The topological polar surface area (TPSA) is 126 Å². The maximum Gasteiger partial charge on any atom is 0.380 e. The molecule has 0 saturated carbocycles. The number of ketones is 3. The first-order chi connectivity index (χ1) is 5.37. The van der Waals surface area contributed by atoms with Crippen LogP contribution in [-0.2, 0) is 24.0 Å². The van der Waals surface area contributed by atoms with Crippen molar-refractivity contribution < 1.29 is 34.2 Å². The highest BCUT2D eigenvalue weighted by Crippen LogP contribution is 1.81. The quantitative estimate of drug-likeness (QED) is 0.368. The number of rotatable bonds is 4. The maximum atomic E-state index is 10.3. The van der Waals surface area contributed by atoms with Crippen LogP contribution in [0.3, 0.4) is 0 Å². The third-order valence-electron chi connectivity index (χ3n) is 0.801. The molecule has 0 unspecified atom stereocenters. The average Bonchev–Trinajstić information content (AvgIpc) is 2.00. The Balaban J connectivity index is 4.63. The number of aliphatic carboxylic acids is 2. The molecular weight excluding hydrogens is 172 g/mol. The molecule has 0 radical (unpaired) electrons. The van der Waals surface area contributed by atoms with E-state index in [-0.39, 0.29) is 0 Å². The predicted octanol–water partition coefficient (Wildman–Crippen LogP) is -2.14. The highest BCUT2D eigenvalue weighted by Gasteiger charge is 2.32. The van der Waals surface area contributed by atoms with Gasteiger partial charge >= 0.3 is 23.5 Å². The summed E-state index contributed by atoms with van der Waals surface area (Å²) in [5.74, 6) is -10.5. The van der Waals surface area contributed by atoms with E-state index in [0.29, 0.717) is 0 Å². The molecule has 12 heavy (non-hydrogen) atoms. The minimum absolute atomic E-state index is 2.05. The summed E-state index contributed by atoms with van der Waals surface area (Å²) in [5.41, 5.74) is 0. The van der Waals surface area contributed by atoms with Gasteiger partial charge in [0.2, 0.25) is 0 Å². The first kappa shape index (κ1) is 9.95. The van der Waals surface area contributed by atoms with Gasteiger partial charge in [-0.25, -0.2) is 9.59 Å². The van der Waals surface area contributed by atoms with E-state index in [4.69, 9.17) is 10.2 Å². The molecule has 0 fully saturated rings. The Bertz CT molecular complexity index is 258. The molecule has 0 aromatic carbocycles. The minimum Gasteiger partial charge on any atom is -0.475 e. The van der Waals surface area contributed by atoms with Crippen molar-refractivity contribution in [1.29, 1.82) is 0 Å².